The van der Waals surface area contributed by atoms with Crippen LogP contribution in [-0.2, 0) is 16.2 Å². The van der Waals surface area contributed by atoms with Crippen molar-refractivity contribution in [2.45, 2.75) is 20.5 Å². The lowest BCUT2D eigenvalue weighted by molar-refractivity contribution is -0.122. The smallest absolute Gasteiger partial charge is 0.335 e. The van der Waals surface area contributed by atoms with E-state index in [1.54, 1.807) is 42.5 Å². The summed E-state index contributed by atoms with van der Waals surface area (Å²) in [5.74, 6) is -0.712. The number of urea groups is 1. The summed E-state index contributed by atoms with van der Waals surface area (Å²) in [6, 6.07) is 21.4. The van der Waals surface area contributed by atoms with E-state index in [4.69, 9.17) is 4.74 Å². The van der Waals surface area contributed by atoms with Crippen LogP contribution in [0.15, 0.2) is 78.4 Å². The van der Waals surface area contributed by atoms with E-state index in [0.717, 1.165) is 16.0 Å². The van der Waals surface area contributed by atoms with Crippen LogP contribution in [0.25, 0.3) is 6.08 Å². The van der Waals surface area contributed by atoms with Gasteiger partial charge in [0.05, 0.1) is 5.69 Å². The number of hydrogen-bond acceptors (Lipinski definition) is 4. The zero-order valence-corrected chi connectivity index (χ0v) is 17.8. The first kappa shape index (κ1) is 21.1. The van der Waals surface area contributed by atoms with Gasteiger partial charge < -0.3 is 4.74 Å². The first-order valence-electron chi connectivity index (χ1n) is 10.2. The third kappa shape index (κ3) is 4.59. The fourth-order valence-corrected chi connectivity index (χ4v) is 3.34. The Kier molecular flexibility index (Phi) is 5.85. The molecule has 4 rings (SSSR count). The molecule has 0 saturated carbocycles. The lowest BCUT2D eigenvalue weighted by atomic mass is 10.1. The first-order valence-corrected chi connectivity index (χ1v) is 10.2. The van der Waals surface area contributed by atoms with Crippen molar-refractivity contribution in [3.05, 3.63) is 101 Å². The number of imide groups is 2. The van der Waals surface area contributed by atoms with E-state index in [0.29, 0.717) is 23.6 Å². The maximum absolute atomic E-state index is 13.0. The van der Waals surface area contributed by atoms with Crippen molar-refractivity contribution < 1.29 is 19.1 Å². The van der Waals surface area contributed by atoms with Gasteiger partial charge in [-0.15, -0.1) is 0 Å². The molecule has 1 N–H and O–H groups in total. The molecule has 0 aliphatic carbocycles. The van der Waals surface area contributed by atoms with Crippen LogP contribution in [0.5, 0.6) is 5.75 Å². The third-order valence-electron chi connectivity index (χ3n) is 5.08. The van der Waals surface area contributed by atoms with Crippen molar-refractivity contribution in [3.63, 3.8) is 0 Å². The number of aryl methyl sites for hydroxylation is 2. The number of nitrogens with one attached hydrogen (secondary N) is 1. The van der Waals surface area contributed by atoms with Gasteiger partial charge in [-0.1, -0.05) is 54.1 Å². The Morgan fingerprint density at radius 1 is 0.875 bits per heavy atom. The summed E-state index contributed by atoms with van der Waals surface area (Å²) in [6.45, 7) is 4.33. The van der Waals surface area contributed by atoms with E-state index in [9.17, 15) is 14.4 Å². The van der Waals surface area contributed by atoms with Crippen molar-refractivity contribution in [1.29, 1.82) is 0 Å². The van der Waals surface area contributed by atoms with E-state index in [-0.39, 0.29) is 5.57 Å². The van der Waals surface area contributed by atoms with E-state index >= 15 is 0 Å². The average Bonchev–Trinajstić information content (AvgIpc) is 2.77. The van der Waals surface area contributed by atoms with Gasteiger partial charge in [-0.25, -0.2) is 9.69 Å². The van der Waals surface area contributed by atoms with Crippen molar-refractivity contribution in [2.75, 3.05) is 4.90 Å². The fourth-order valence-electron chi connectivity index (χ4n) is 3.34. The quantitative estimate of drug-likeness (QED) is 0.480. The predicted octanol–water partition coefficient (Wildman–Crippen LogP) is 4.55. The number of barbiturate groups is 1. The number of carbonyl (C=O) groups excluding carboxylic acids is 3. The SMILES string of the molecule is Cc1ccc(COc2ccc(/C=C3\C(=O)NC(=O)N(c4cccc(C)c4)C3=O)cc2)cc1. The molecule has 0 atom stereocenters. The van der Waals surface area contributed by atoms with Gasteiger partial charge in [0.15, 0.2) is 0 Å². The molecule has 1 heterocycles. The number of carbonyl (C=O) groups is 3. The van der Waals surface area contributed by atoms with Crippen LogP contribution in [0.4, 0.5) is 10.5 Å². The molecule has 6 heteroatoms. The van der Waals surface area contributed by atoms with Gasteiger partial charge >= 0.3 is 6.03 Å². The number of hydrogen-bond donors (Lipinski definition) is 1. The zero-order chi connectivity index (χ0) is 22.7. The van der Waals surface area contributed by atoms with Crippen molar-refractivity contribution in [3.8, 4) is 5.75 Å². The van der Waals surface area contributed by atoms with Gasteiger partial charge in [-0.05, 0) is 60.9 Å². The normalized spacial score (nSPS) is 15.1. The molecule has 0 aromatic heterocycles. The standard InChI is InChI=1S/C26H22N2O4/c1-17-6-8-20(9-7-17)16-32-22-12-10-19(11-13-22)15-23-24(29)27-26(31)28(25(23)30)21-5-3-4-18(2)14-21/h3-15H,16H2,1-2H3,(H,27,29,31)/b23-15+. The van der Waals surface area contributed by atoms with Crippen LogP contribution < -0.4 is 15.0 Å². The minimum Gasteiger partial charge on any atom is -0.489 e. The van der Waals surface area contributed by atoms with E-state index < -0.39 is 17.8 Å². The fraction of sp³-hybridized carbons (Fsp3) is 0.115. The molecule has 0 bridgehead atoms. The van der Waals surface area contributed by atoms with E-state index in [2.05, 4.69) is 5.32 Å². The van der Waals surface area contributed by atoms with Crippen LogP contribution in [0, 0.1) is 13.8 Å². The summed E-state index contributed by atoms with van der Waals surface area (Å²) in [6.07, 6.45) is 1.47. The van der Waals surface area contributed by atoms with Crippen molar-refractivity contribution >= 4 is 29.6 Å². The molecule has 3 aromatic carbocycles. The van der Waals surface area contributed by atoms with Crippen LogP contribution in [0.3, 0.4) is 0 Å². The highest BCUT2D eigenvalue weighted by atomic mass is 16.5. The topological polar surface area (TPSA) is 75.7 Å². The molecule has 3 aromatic rings. The third-order valence-corrected chi connectivity index (χ3v) is 5.08. The van der Waals surface area contributed by atoms with Gasteiger partial charge in [0.2, 0.25) is 0 Å². The van der Waals surface area contributed by atoms with Gasteiger partial charge in [-0.2, -0.15) is 0 Å². The van der Waals surface area contributed by atoms with Gasteiger partial charge in [0.1, 0.15) is 17.9 Å². The molecule has 1 aliphatic rings. The molecular weight excluding hydrogens is 404 g/mol. The number of amides is 4. The Morgan fingerprint density at radius 2 is 1.59 bits per heavy atom. The highest BCUT2D eigenvalue weighted by Crippen LogP contribution is 2.23. The summed E-state index contributed by atoms with van der Waals surface area (Å²) in [7, 11) is 0. The number of anilines is 1. The average molecular weight is 426 g/mol. The molecule has 160 valence electrons. The summed E-state index contributed by atoms with van der Waals surface area (Å²) >= 11 is 0. The Labute approximate surface area is 186 Å². The van der Waals surface area contributed by atoms with Gasteiger partial charge in [-0.3, -0.25) is 14.9 Å². The summed E-state index contributed by atoms with van der Waals surface area (Å²) < 4.78 is 5.80. The zero-order valence-electron chi connectivity index (χ0n) is 17.8. The van der Waals surface area contributed by atoms with Crippen molar-refractivity contribution in [1.82, 2.24) is 5.32 Å². The maximum atomic E-state index is 13.0. The summed E-state index contributed by atoms with van der Waals surface area (Å²) in [5, 5.41) is 2.24. The van der Waals surface area contributed by atoms with Gasteiger partial charge in [0, 0.05) is 0 Å². The molecule has 6 nitrogen and oxygen atoms in total. The van der Waals surface area contributed by atoms with Crippen LogP contribution in [-0.4, -0.2) is 17.8 Å². The molecule has 32 heavy (non-hydrogen) atoms. The molecule has 0 spiro atoms. The Bertz CT molecular complexity index is 1210. The number of benzene rings is 3. The second-order valence-electron chi connectivity index (χ2n) is 7.64. The second-order valence-corrected chi connectivity index (χ2v) is 7.64. The highest BCUT2D eigenvalue weighted by molar-refractivity contribution is 6.39. The number of ether oxygens (including phenoxy) is 1. The molecule has 1 saturated heterocycles. The first-order chi connectivity index (χ1) is 15.4. The minimum atomic E-state index is -0.761. The predicted molar refractivity (Wildman–Crippen MR) is 122 cm³/mol. The Hall–Kier alpha value is -4.19. The molecule has 1 fully saturated rings. The van der Waals surface area contributed by atoms with E-state index in [1.807, 2.05) is 44.2 Å². The van der Waals surface area contributed by atoms with Crippen molar-refractivity contribution in [2.24, 2.45) is 0 Å². The molecule has 1 aliphatic heterocycles. The molecular formula is C26H22N2O4. The Balaban J connectivity index is 1.51. The summed E-state index contributed by atoms with van der Waals surface area (Å²) in [5.41, 5.74) is 4.09. The second kappa shape index (κ2) is 8.89. The summed E-state index contributed by atoms with van der Waals surface area (Å²) in [4.78, 5) is 38.6. The van der Waals surface area contributed by atoms with Crippen LogP contribution in [0.1, 0.15) is 22.3 Å². The number of nitrogens with zero attached hydrogens (tertiary/aromatic N) is 1. The van der Waals surface area contributed by atoms with Crippen LogP contribution in [0.2, 0.25) is 0 Å². The monoisotopic (exact) mass is 426 g/mol. The molecule has 0 unspecified atom stereocenters. The largest absolute Gasteiger partial charge is 0.489 e. The van der Waals surface area contributed by atoms with E-state index in [1.165, 1.54) is 11.6 Å². The lowest BCUT2D eigenvalue weighted by Gasteiger charge is -2.26. The molecule has 4 amide bonds. The lowest BCUT2D eigenvalue weighted by Crippen LogP contribution is -2.54. The minimum absolute atomic E-state index is 0.112. The molecule has 0 radical (unpaired) electrons. The maximum Gasteiger partial charge on any atom is 0.335 e. The number of rotatable bonds is 5. The highest BCUT2D eigenvalue weighted by Gasteiger charge is 2.36. The van der Waals surface area contributed by atoms with Crippen LogP contribution >= 0.6 is 0 Å². The van der Waals surface area contributed by atoms with Gasteiger partial charge in [0.25, 0.3) is 11.8 Å². The Morgan fingerprint density at radius 3 is 2.28 bits per heavy atom.